The second kappa shape index (κ2) is 4.53. The van der Waals surface area contributed by atoms with E-state index >= 15 is 0 Å². The molecule has 1 N–H and O–H groups in total. The van der Waals surface area contributed by atoms with E-state index in [1.807, 2.05) is 11.7 Å². The zero-order valence-corrected chi connectivity index (χ0v) is 11.8. The second-order valence-corrected chi connectivity index (χ2v) is 6.17. The van der Waals surface area contributed by atoms with Crippen LogP contribution >= 0.6 is 11.6 Å². The Balaban J connectivity index is 1.71. The van der Waals surface area contributed by atoms with Crippen LogP contribution in [0.5, 0.6) is 0 Å². The lowest BCUT2D eigenvalue weighted by atomic mass is 10.0. The average Bonchev–Trinajstić information content (AvgIpc) is 2.71. The van der Waals surface area contributed by atoms with Gasteiger partial charge >= 0.3 is 0 Å². The minimum absolute atomic E-state index is 0.238. The number of rotatable bonds is 4. The number of aryl methyl sites for hydroxylation is 2. The molecule has 0 radical (unpaired) electrons. The molecule has 0 bridgehead atoms. The van der Waals surface area contributed by atoms with Gasteiger partial charge in [-0.3, -0.25) is 4.68 Å². The van der Waals surface area contributed by atoms with Gasteiger partial charge in [-0.25, -0.2) is 0 Å². The van der Waals surface area contributed by atoms with Crippen LogP contribution in [0.15, 0.2) is 0 Å². The van der Waals surface area contributed by atoms with Crippen molar-refractivity contribution in [2.24, 2.45) is 24.8 Å². The summed E-state index contributed by atoms with van der Waals surface area (Å²) >= 11 is 6.33. The maximum absolute atomic E-state index is 10.4. The Hall–Kier alpha value is -0.540. The lowest BCUT2D eigenvalue weighted by Crippen LogP contribution is -2.18. The summed E-state index contributed by atoms with van der Waals surface area (Å²) < 4.78 is 1.84. The lowest BCUT2D eigenvalue weighted by molar-refractivity contribution is 0.133. The third-order valence-electron chi connectivity index (χ3n) is 4.82. The second-order valence-electron chi connectivity index (χ2n) is 5.79. The molecule has 1 heterocycles. The van der Waals surface area contributed by atoms with Crippen molar-refractivity contribution < 1.29 is 5.11 Å². The van der Waals surface area contributed by atoms with Crippen LogP contribution in [-0.2, 0) is 19.9 Å². The molecule has 1 aromatic rings. The molecule has 0 amide bonds. The molecule has 3 atom stereocenters. The average molecular weight is 269 g/mol. The Morgan fingerprint density at radius 3 is 2.67 bits per heavy atom. The van der Waals surface area contributed by atoms with E-state index in [0.717, 1.165) is 34.7 Å². The van der Waals surface area contributed by atoms with Gasteiger partial charge in [0.05, 0.1) is 22.5 Å². The molecule has 2 aliphatic carbocycles. The van der Waals surface area contributed by atoms with Crippen LogP contribution in [0, 0.1) is 17.8 Å². The molecule has 4 heteroatoms. The number of aliphatic hydroxyl groups excluding tert-OH is 1. The predicted octanol–water partition coefficient (Wildman–Crippen LogP) is 2.59. The van der Waals surface area contributed by atoms with E-state index in [0.29, 0.717) is 12.3 Å². The van der Waals surface area contributed by atoms with Crippen LogP contribution in [-0.4, -0.2) is 21.0 Å². The van der Waals surface area contributed by atoms with E-state index in [2.05, 4.69) is 12.0 Å². The summed E-state index contributed by atoms with van der Waals surface area (Å²) in [5.74, 6) is 2.10. The van der Waals surface area contributed by atoms with Gasteiger partial charge in [0, 0.05) is 13.5 Å². The molecule has 1 aromatic heterocycles. The number of fused-ring (bicyclic) bond motifs is 1. The Kier molecular flexibility index (Phi) is 3.15. The molecule has 2 fully saturated rings. The van der Waals surface area contributed by atoms with Gasteiger partial charge in [0.1, 0.15) is 0 Å². The van der Waals surface area contributed by atoms with Crippen LogP contribution in [0.4, 0.5) is 0 Å². The smallest absolute Gasteiger partial charge is 0.0850 e. The van der Waals surface area contributed by atoms with Gasteiger partial charge in [-0.05, 0) is 37.0 Å². The van der Waals surface area contributed by atoms with E-state index < -0.39 is 0 Å². The summed E-state index contributed by atoms with van der Waals surface area (Å²) in [6.07, 6.45) is 5.23. The summed E-state index contributed by atoms with van der Waals surface area (Å²) in [7, 11) is 1.92. The van der Waals surface area contributed by atoms with E-state index in [9.17, 15) is 5.11 Å². The van der Waals surface area contributed by atoms with E-state index in [1.165, 1.54) is 19.3 Å². The molecule has 18 heavy (non-hydrogen) atoms. The molecule has 0 aromatic carbocycles. The third-order valence-corrected chi connectivity index (χ3v) is 5.26. The quantitative estimate of drug-likeness (QED) is 0.912. The zero-order valence-electron chi connectivity index (χ0n) is 11.1. The van der Waals surface area contributed by atoms with Gasteiger partial charge in [0.2, 0.25) is 0 Å². The topological polar surface area (TPSA) is 38.0 Å². The van der Waals surface area contributed by atoms with Crippen molar-refractivity contribution in [3.63, 3.8) is 0 Å². The Bertz CT molecular complexity index is 447. The number of hydrogen-bond acceptors (Lipinski definition) is 2. The third kappa shape index (κ3) is 1.88. The van der Waals surface area contributed by atoms with Crippen LogP contribution in [0.25, 0.3) is 0 Å². The van der Waals surface area contributed by atoms with Crippen molar-refractivity contribution in [2.75, 3.05) is 0 Å². The van der Waals surface area contributed by atoms with Crippen molar-refractivity contribution in [1.29, 1.82) is 0 Å². The molecule has 100 valence electrons. The minimum Gasteiger partial charge on any atom is -0.392 e. The van der Waals surface area contributed by atoms with Crippen LogP contribution in [0.3, 0.4) is 0 Å². The summed E-state index contributed by atoms with van der Waals surface area (Å²) in [5, 5.41) is 15.5. The van der Waals surface area contributed by atoms with Gasteiger partial charge < -0.3 is 5.11 Å². The highest BCUT2D eigenvalue weighted by molar-refractivity contribution is 6.31. The van der Waals surface area contributed by atoms with Crippen molar-refractivity contribution in [1.82, 2.24) is 9.78 Å². The lowest BCUT2D eigenvalue weighted by Gasteiger charge is -2.13. The zero-order chi connectivity index (χ0) is 12.9. The first-order valence-electron chi connectivity index (χ1n) is 7.01. The standard InChI is InChI=1S/C14H21ClN2O/c1-3-10-14(15)11(17(2)16-10)7-12(18)13-8-5-4-6-9(8)13/h8-9,12-13,18H,3-7H2,1-2H3. The number of aromatic nitrogens is 2. The molecular formula is C14H21ClN2O. The van der Waals surface area contributed by atoms with Crippen molar-refractivity contribution in [2.45, 2.75) is 45.1 Å². The van der Waals surface area contributed by atoms with Crippen molar-refractivity contribution in [3.05, 3.63) is 16.4 Å². The first-order chi connectivity index (χ1) is 8.63. The van der Waals surface area contributed by atoms with E-state index in [-0.39, 0.29) is 6.10 Å². The highest BCUT2D eigenvalue weighted by Gasteiger charge is 2.55. The number of nitrogens with zero attached hydrogens (tertiary/aromatic N) is 2. The molecular weight excluding hydrogens is 248 g/mol. The fourth-order valence-corrected chi connectivity index (χ4v) is 4.19. The summed E-state index contributed by atoms with van der Waals surface area (Å²) in [6.45, 7) is 2.06. The fraction of sp³-hybridized carbons (Fsp3) is 0.786. The molecule has 3 nitrogen and oxygen atoms in total. The molecule has 0 saturated heterocycles. The summed E-state index contributed by atoms with van der Waals surface area (Å²) in [4.78, 5) is 0. The van der Waals surface area contributed by atoms with Crippen LogP contribution < -0.4 is 0 Å². The number of hydrogen-bond donors (Lipinski definition) is 1. The first-order valence-corrected chi connectivity index (χ1v) is 7.39. The maximum atomic E-state index is 10.4. The van der Waals surface area contributed by atoms with E-state index in [4.69, 9.17) is 11.6 Å². The molecule has 2 saturated carbocycles. The number of aliphatic hydroxyl groups is 1. The van der Waals surface area contributed by atoms with Gasteiger partial charge in [-0.1, -0.05) is 24.9 Å². The van der Waals surface area contributed by atoms with Gasteiger partial charge in [0.25, 0.3) is 0 Å². The highest BCUT2D eigenvalue weighted by Crippen LogP contribution is 2.59. The van der Waals surface area contributed by atoms with Gasteiger partial charge in [-0.2, -0.15) is 5.10 Å². The van der Waals surface area contributed by atoms with Crippen LogP contribution in [0.2, 0.25) is 5.02 Å². The van der Waals surface area contributed by atoms with Crippen LogP contribution in [0.1, 0.15) is 37.6 Å². The Morgan fingerprint density at radius 1 is 1.44 bits per heavy atom. The largest absolute Gasteiger partial charge is 0.392 e. The van der Waals surface area contributed by atoms with Gasteiger partial charge in [-0.15, -0.1) is 0 Å². The maximum Gasteiger partial charge on any atom is 0.0850 e. The molecule has 3 rings (SSSR count). The Labute approximate surface area is 113 Å². The fourth-order valence-electron chi connectivity index (χ4n) is 3.82. The highest BCUT2D eigenvalue weighted by atomic mass is 35.5. The van der Waals surface area contributed by atoms with E-state index in [1.54, 1.807) is 0 Å². The van der Waals surface area contributed by atoms with Crippen molar-refractivity contribution >= 4 is 11.6 Å². The summed E-state index contributed by atoms with van der Waals surface area (Å²) in [6, 6.07) is 0. The first kappa shape index (κ1) is 12.5. The Morgan fingerprint density at radius 2 is 2.11 bits per heavy atom. The molecule has 2 aliphatic rings. The van der Waals surface area contributed by atoms with Gasteiger partial charge in [0.15, 0.2) is 0 Å². The van der Waals surface area contributed by atoms with Crippen molar-refractivity contribution in [3.8, 4) is 0 Å². The predicted molar refractivity (Wildman–Crippen MR) is 71.6 cm³/mol. The molecule has 0 aliphatic heterocycles. The normalized spacial score (nSPS) is 31.4. The molecule has 3 unspecified atom stereocenters. The minimum atomic E-state index is -0.238. The number of halogens is 1. The SMILES string of the molecule is CCc1nn(C)c(CC(O)C2C3CCCC32)c1Cl. The monoisotopic (exact) mass is 268 g/mol. The summed E-state index contributed by atoms with van der Waals surface area (Å²) in [5.41, 5.74) is 1.93. The molecule has 0 spiro atoms.